The van der Waals surface area contributed by atoms with Gasteiger partial charge < -0.3 is 9.47 Å². The molecule has 1 aromatic carbocycles. The van der Waals surface area contributed by atoms with Gasteiger partial charge in [-0.1, -0.05) is 0 Å². The Kier molecular flexibility index (Phi) is 5.76. The third-order valence-electron chi connectivity index (χ3n) is 2.06. The second-order valence-corrected chi connectivity index (χ2v) is 4.31. The van der Waals surface area contributed by atoms with Crippen LogP contribution in [0, 0.1) is 11.3 Å². The van der Waals surface area contributed by atoms with Crippen molar-refractivity contribution in [3.63, 3.8) is 0 Å². The first-order valence-electron chi connectivity index (χ1n) is 5.01. The lowest BCUT2D eigenvalue weighted by Crippen LogP contribution is -1.92. The smallest absolute Gasteiger partial charge is 0.120 e. The largest absolute Gasteiger partial charge is 0.497 e. The minimum Gasteiger partial charge on any atom is -0.497 e. The van der Waals surface area contributed by atoms with Crippen molar-refractivity contribution >= 4 is 11.8 Å². The fourth-order valence-electron chi connectivity index (χ4n) is 1.23. The second kappa shape index (κ2) is 7.15. The fraction of sp³-hybridized carbons (Fsp3) is 0.417. The number of ether oxygens (including phenoxy) is 2. The Morgan fingerprint density at radius 3 is 2.81 bits per heavy atom. The molecule has 0 unspecified atom stereocenters. The Morgan fingerprint density at radius 1 is 1.38 bits per heavy atom. The summed E-state index contributed by atoms with van der Waals surface area (Å²) in [7, 11) is 3.32. The molecule has 0 amide bonds. The quantitative estimate of drug-likeness (QED) is 0.563. The highest BCUT2D eigenvalue weighted by Gasteiger charge is 2.04. The summed E-state index contributed by atoms with van der Waals surface area (Å²) in [6.07, 6.45) is 0.975. The van der Waals surface area contributed by atoms with E-state index in [2.05, 4.69) is 6.07 Å². The molecule has 16 heavy (non-hydrogen) atoms. The Morgan fingerprint density at radius 2 is 2.19 bits per heavy atom. The van der Waals surface area contributed by atoms with Gasteiger partial charge in [-0.2, -0.15) is 5.26 Å². The summed E-state index contributed by atoms with van der Waals surface area (Å²) in [6.45, 7) is 0.749. The van der Waals surface area contributed by atoms with Crippen molar-refractivity contribution in [2.75, 3.05) is 26.6 Å². The minimum atomic E-state index is 0.697. The van der Waals surface area contributed by atoms with Gasteiger partial charge in [-0.15, -0.1) is 11.8 Å². The van der Waals surface area contributed by atoms with E-state index in [1.54, 1.807) is 38.1 Å². The van der Waals surface area contributed by atoms with E-state index in [0.717, 1.165) is 29.4 Å². The topological polar surface area (TPSA) is 42.2 Å². The van der Waals surface area contributed by atoms with Gasteiger partial charge in [-0.25, -0.2) is 0 Å². The number of thioether (sulfide) groups is 1. The molecule has 4 heteroatoms. The van der Waals surface area contributed by atoms with Crippen LogP contribution in [0.2, 0.25) is 0 Å². The SMILES string of the molecule is COCCCSc1cc(OC)ccc1C#N. The van der Waals surface area contributed by atoms with Crippen LogP contribution in [0.25, 0.3) is 0 Å². The maximum Gasteiger partial charge on any atom is 0.120 e. The summed E-state index contributed by atoms with van der Waals surface area (Å²) in [5, 5.41) is 8.96. The normalized spacial score (nSPS) is 9.81. The van der Waals surface area contributed by atoms with Gasteiger partial charge in [0.15, 0.2) is 0 Å². The Labute approximate surface area is 100 Å². The van der Waals surface area contributed by atoms with E-state index in [1.165, 1.54) is 0 Å². The van der Waals surface area contributed by atoms with Crippen LogP contribution in [-0.2, 0) is 4.74 Å². The molecule has 0 aromatic heterocycles. The van der Waals surface area contributed by atoms with Crippen LogP contribution >= 0.6 is 11.8 Å². The molecule has 0 saturated heterocycles. The lowest BCUT2D eigenvalue weighted by molar-refractivity contribution is 0.200. The van der Waals surface area contributed by atoms with Gasteiger partial charge in [0.1, 0.15) is 11.8 Å². The Hall–Kier alpha value is -1.18. The zero-order valence-corrected chi connectivity index (χ0v) is 10.3. The Balaban J connectivity index is 2.65. The number of rotatable bonds is 6. The predicted molar refractivity (Wildman–Crippen MR) is 64.9 cm³/mol. The van der Waals surface area contributed by atoms with Crippen molar-refractivity contribution in [3.8, 4) is 11.8 Å². The zero-order chi connectivity index (χ0) is 11.8. The molecular weight excluding hydrogens is 222 g/mol. The van der Waals surface area contributed by atoms with Crippen LogP contribution in [0.3, 0.4) is 0 Å². The summed E-state index contributed by atoms with van der Waals surface area (Å²) in [5.74, 6) is 1.73. The standard InChI is InChI=1S/C12H15NO2S/c1-14-6-3-7-16-12-8-11(15-2)5-4-10(12)9-13/h4-5,8H,3,6-7H2,1-2H3. The first-order chi connectivity index (χ1) is 7.81. The van der Waals surface area contributed by atoms with Crippen molar-refractivity contribution < 1.29 is 9.47 Å². The molecule has 0 N–H and O–H groups in total. The molecule has 0 aliphatic heterocycles. The van der Waals surface area contributed by atoms with Crippen molar-refractivity contribution in [1.82, 2.24) is 0 Å². The highest BCUT2D eigenvalue weighted by atomic mass is 32.2. The molecule has 0 aliphatic carbocycles. The van der Waals surface area contributed by atoms with Gasteiger partial charge in [0.05, 0.1) is 12.7 Å². The van der Waals surface area contributed by atoms with Gasteiger partial charge >= 0.3 is 0 Å². The first kappa shape index (κ1) is 12.9. The average molecular weight is 237 g/mol. The van der Waals surface area contributed by atoms with Crippen molar-refractivity contribution in [2.24, 2.45) is 0 Å². The molecule has 0 heterocycles. The lowest BCUT2D eigenvalue weighted by Gasteiger charge is -2.06. The molecule has 0 aliphatic rings. The maximum atomic E-state index is 8.96. The maximum absolute atomic E-state index is 8.96. The monoisotopic (exact) mass is 237 g/mol. The number of nitrogens with zero attached hydrogens (tertiary/aromatic N) is 1. The third kappa shape index (κ3) is 3.76. The number of nitriles is 1. The van der Waals surface area contributed by atoms with E-state index in [4.69, 9.17) is 14.7 Å². The lowest BCUT2D eigenvalue weighted by atomic mass is 10.2. The summed E-state index contributed by atoms with van der Waals surface area (Å²) in [5.41, 5.74) is 0.697. The van der Waals surface area contributed by atoms with E-state index in [0.29, 0.717) is 5.56 Å². The van der Waals surface area contributed by atoms with Crippen molar-refractivity contribution in [1.29, 1.82) is 5.26 Å². The predicted octanol–water partition coefficient (Wildman–Crippen LogP) is 2.70. The summed E-state index contributed by atoms with van der Waals surface area (Å²) in [4.78, 5) is 0.970. The van der Waals surface area contributed by atoms with E-state index in [-0.39, 0.29) is 0 Å². The molecule has 0 bridgehead atoms. The fourth-order valence-corrected chi connectivity index (χ4v) is 2.18. The van der Waals surface area contributed by atoms with E-state index < -0.39 is 0 Å². The molecule has 0 fully saturated rings. The van der Waals surface area contributed by atoms with Gasteiger partial charge in [0, 0.05) is 24.4 Å². The van der Waals surface area contributed by atoms with E-state index >= 15 is 0 Å². The number of benzene rings is 1. The van der Waals surface area contributed by atoms with Crippen LogP contribution in [0.5, 0.6) is 5.75 Å². The summed E-state index contributed by atoms with van der Waals surface area (Å²) in [6, 6.07) is 7.67. The second-order valence-electron chi connectivity index (χ2n) is 3.17. The van der Waals surface area contributed by atoms with Crippen molar-refractivity contribution in [2.45, 2.75) is 11.3 Å². The highest BCUT2D eigenvalue weighted by molar-refractivity contribution is 7.99. The number of methoxy groups -OCH3 is 2. The first-order valence-corrected chi connectivity index (χ1v) is 6.00. The van der Waals surface area contributed by atoms with Crippen LogP contribution in [-0.4, -0.2) is 26.6 Å². The van der Waals surface area contributed by atoms with E-state index in [9.17, 15) is 0 Å². The molecule has 0 radical (unpaired) electrons. The minimum absolute atomic E-state index is 0.697. The molecule has 0 atom stereocenters. The molecule has 1 rings (SSSR count). The number of hydrogen-bond acceptors (Lipinski definition) is 4. The van der Waals surface area contributed by atoms with Gasteiger partial charge in [-0.3, -0.25) is 0 Å². The molecular formula is C12H15NO2S. The van der Waals surface area contributed by atoms with E-state index in [1.807, 2.05) is 6.07 Å². The van der Waals surface area contributed by atoms with Crippen LogP contribution < -0.4 is 4.74 Å². The van der Waals surface area contributed by atoms with Crippen LogP contribution in [0.15, 0.2) is 23.1 Å². The van der Waals surface area contributed by atoms with Gasteiger partial charge in [-0.05, 0) is 24.6 Å². The van der Waals surface area contributed by atoms with Gasteiger partial charge in [0.2, 0.25) is 0 Å². The molecule has 86 valence electrons. The highest BCUT2D eigenvalue weighted by Crippen LogP contribution is 2.27. The molecule has 0 saturated carbocycles. The molecule has 1 aromatic rings. The Bertz CT molecular complexity index is 374. The summed E-state index contributed by atoms with van der Waals surface area (Å²) >= 11 is 1.66. The number of hydrogen-bond donors (Lipinski definition) is 0. The molecule has 3 nitrogen and oxygen atoms in total. The summed E-state index contributed by atoms with van der Waals surface area (Å²) < 4.78 is 10.1. The third-order valence-corrected chi connectivity index (χ3v) is 3.20. The van der Waals surface area contributed by atoms with Crippen LogP contribution in [0.1, 0.15) is 12.0 Å². The van der Waals surface area contributed by atoms with Crippen LogP contribution in [0.4, 0.5) is 0 Å². The van der Waals surface area contributed by atoms with Crippen molar-refractivity contribution in [3.05, 3.63) is 23.8 Å². The average Bonchev–Trinajstić information content (AvgIpc) is 2.34. The van der Waals surface area contributed by atoms with Gasteiger partial charge in [0.25, 0.3) is 0 Å². The zero-order valence-electron chi connectivity index (χ0n) is 9.53. The molecule has 0 spiro atoms.